The summed E-state index contributed by atoms with van der Waals surface area (Å²) in [5.74, 6) is 2.26. The van der Waals surface area contributed by atoms with Gasteiger partial charge in [0.2, 0.25) is 0 Å². The number of hydrogen-bond donors (Lipinski definition) is 0. The van der Waals surface area contributed by atoms with Gasteiger partial charge in [0.15, 0.2) is 0 Å². The van der Waals surface area contributed by atoms with E-state index in [9.17, 15) is 4.39 Å². The smallest absolute Gasteiger partial charge is 0.111 e. The van der Waals surface area contributed by atoms with Gasteiger partial charge in [-0.1, -0.05) is 0 Å². The van der Waals surface area contributed by atoms with E-state index < -0.39 is 0 Å². The lowest BCUT2D eigenvalue weighted by Crippen LogP contribution is -2.05. The molecule has 4 heteroatoms. The van der Waals surface area contributed by atoms with Crippen LogP contribution in [0.4, 0.5) is 4.39 Å². The monoisotopic (exact) mass is 226 g/mol. The minimum absolute atomic E-state index is 0.0159. The van der Waals surface area contributed by atoms with Gasteiger partial charge in [-0.15, -0.1) is 35.1 Å². The SMILES string of the molecule is F/C(=C/CC1SCCCS1)CCl. The minimum Gasteiger partial charge on any atom is -0.211 e. The summed E-state index contributed by atoms with van der Waals surface area (Å²) in [6, 6.07) is 0. The van der Waals surface area contributed by atoms with Crippen LogP contribution in [-0.2, 0) is 0 Å². The van der Waals surface area contributed by atoms with Crippen molar-refractivity contribution in [3.05, 3.63) is 11.9 Å². The molecule has 0 nitrogen and oxygen atoms in total. The maximum absolute atomic E-state index is 12.6. The van der Waals surface area contributed by atoms with E-state index in [-0.39, 0.29) is 11.7 Å². The fourth-order valence-electron chi connectivity index (χ4n) is 0.951. The molecule has 0 spiro atoms. The third-order valence-corrected chi connectivity index (χ3v) is 4.80. The Hall–Kier alpha value is 0.660. The first kappa shape index (κ1) is 10.7. The molecule has 70 valence electrons. The Balaban J connectivity index is 2.21. The van der Waals surface area contributed by atoms with Crippen molar-refractivity contribution in [2.24, 2.45) is 0 Å². The van der Waals surface area contributed by atoms with Gasteiger partial charge in [-0.2, -0.15) is 0 Å². The summed E-state index contributed by atoms with van der Waals surface area (Å²) in [5.41, 5.74) is 0. The largest absolute Gasteiger partial charge is 0.211 e. The standard InChI is InChI=1S/C8H12ClFS2/c9-6-7(10)2-3-8-11-4-1-5-12-8/h2,8H,1,3-6H2/b7-2+. The van der Waals surface area contributed by atoms with Gasteiger partial charge in [-0.25, -0.2) is 4.39 Å². The second kappa shape index (κ2) is 6.17. The molecule has 1 aliphatic heterocycles. The first-order chi connectivity index (χ1) is 5.83. The molecular weight excluding hydrogens is 215 g/mol. The van der Waals surface area contributed by atoms with E-state index >= 15 is 0 Å². The van der Waals surface area contributed by atoms with Crippen LogP contribution in [0.5, 0.6) is 0 Å². The highest BCUT2D eigenvalue weighted by molar-refractivity contribution is 8.17. The molecular formula is C8H12ClFS2. The van der Waals surface area contributed by atoms with E-state index in [4.69, 9.17) is 11.6 Å². The van der Waals surface area contributed by atoms with Crippen LogP contribution in [0.3, 0.4) is 0 Å². The van der Waals surface area contributed by atoms with Crippen LogP contribution >= 0.6 is 35.1 Å². The Kier molecular flexibility index (Phi) is 5.52. The van der Waals surface area contributed by atoms with Crippen molar-refractivity contribution in [3.63, 3.8) is 0 Å². The summed E-state index contributed by atoms with van der Waals surface area (Å²) in [6.07, 6.45) is 3.71. The predicted octanol–water partition coefficient (Wildman–Crippen LogP) is 3.66. The quantitative estimate of drug-likeness (QED) is 0.674. The van der Waals surface area contributed by atoms with Gasteiger partial charge >= 0.3 is 0 Å². The maximum Gasteiger partial charge on any atom is 0.111 e. The van der Waals surface area contributed by atoms with Crippen molar-refractivity contribution in [2.75, 3.05) is 17.4 Å². The number of rotatable bonds is 3. The summed E-state index contributed by atoms with van der Waals surface area (Å²) in [7, 11) is 0. The normalized spacial score (nSPS) is 21.3. The zero-order chi connectivity index (χ0) is 8.81. The molecule has 0 unspecified atom stereocenters. The van der Waals surface area contributed by atoms with Crippen LogP contribution < -0.4 is 0 Å². The van der Waals surface area contributed by atoms with Gasteiger partial charge in [-0.05, 0) is 30.4 Å². The highest BCUT2D eigenvalue weighted by atomic mass is 35.5. The van der Waals surface area contributed by atoms with E-state index in [1.165, 1.54) is 17.9 Å². The van der Waals surface area contributed by atoms with Crippen molar-refractivity contribution < 1.29 is 4.39 Å². The summed E-state index contributed by atoms with van der Waals surface area (Å²) in [5, 5.41) is 0. The molecule has 1 aliphatic rings. The van der Waals surface area contributed by atoms with Crippen molar-refractivity contribution in [1.82, 2.24) is 0 Å². The fraction of sp³-hybridized carbons (Fsp3) is 0.750. The molecule has 1 rings (SSSR count). The Morgan fingerprint density at radius 1 is 1.50 bits per heavy atom. The molecule has 1 fully saturated rings. The van der Waals surface area contributed by atoms with Gasteiger partial charge in [0.25, 0.3) is 0 Å². The van der Waals surface area contributed by atoms with Crippen LogP contribution in [-0.4, -0.2) is 22.0 Å². The van der Waals surface area contributed by atoms with Gasteiger partial charge in [-0.3, -0.25) is 0 Å². The number of thioether (sulfide) groups is 2. The van der Waals surface area contributed by atoms with E-state index in [2.05, 4.69) is 0 Å². The topological polar surface area (TPSA) is 0 Å². The minimum atomic E-state index is -0.191. The van der Waals surface area contributed by atoms with Crippen LogP contribution in [0.2, 0.25) is 0 Å². The lowest BCUT2D eigenvalue weighted by molar-refractivity contribution is 0.637. The zero-order valence-corrected chi connectivity index (χ0v) is 9.15. The average Bonchev–Trinajstić information content (AvgIpc) is 2.16. The third kappa shape index (κ3) is 4.06. The van der Waals surface area contributed by atoms with Crippen molar-refractivity contribution in [2.45, 2.75) is 17.4 Å². The number of hydrogen-bond acceptors (Lipinski definition) is 2. The molecule has 0 N–H and O–H groups in total. The molecule has 0 aliphatic carbocycles. The summed E-state index contributed by atoms with van der Waals surface area (Å²) < 4.78 is 13.1. The summed E-state index contributed by atoms with van der Waals surface area (Å²) in [4.78, 5) is 0. The van der Waals surface area contributed by atoms with E-state index in [0.29, 0.717) is 4.58 Å². The number of allylic oxidation sites excluding steroid dienone is 2. The van der Waals surface area contributed by atoms with Crippen LogP contribution in [0.15, 0.2) is 11.9 Å². The van der Waals surface area contributed by atoms with Crippen molar-refractivity contribution in [3.8, 4) is 0 Å². The van der Waals surface area contributed by atoms with E-state index in [1.807, 2.05) is 23.5 Å². The lowest BCUT2D eigenvalue weighted by Gasteiger charge is -2.18. The van der Waals surface area contributed by atoms with Crippen LogP contribution in [0, 0.1) is 0 Å². The first-order valence-corrected chi connectivity index (χ1v) is 6.60. The Labute approximate surface area is 86.3 Å². The second-order valence-corrected chi connectivity index (χ2v) is 5.73. The molecule has 1 saturated heterocycles. The summed E-state index contributed by atoms with van der Waals surface area (Å²) >= 11 is 9.16. The van der Waals surface area contributed by atoms with Crippen molar-refractivity contribution >= 4 is 35.1 Å². The molecule has 0 radical (unpaired) electrons. The molecule has 0 aromatic rings. The van der Waals surface area contributed by atoms with Gasteiger partial charge in [0, 0.05) is 0 Å². The van der Waals surface area contributed by atoms with Crippen molar-refractivity contribution in [1.29, 1.82) is 0 Å². The molecule has 12 heavy (non-hydrogen) atoms. The molecule has 0 aromatic carbocycles. The Bertz CT molecular complexity index is 155. The molecule has 0 amide bonds. The lowest BCUT2D eigenvalue weighted by atomic mass is 10.4. The third-order valence-electron chi connectivity index (χ3n) is 1.56. The predicted molar refractivity (Wildman–Crippen MR) is 57.8 cm³/mol. The van der Waals surface area contributed by atoms with E-state index in [1.54, 1.807) is 6.08 Å². The molecule has 1 heterocycles. The molecule has 0 atom stereocenters. The van der Waals surface area contributed by atoms with Gasteiger partial charge in [0.1, 0.15) is 5.83 Å². The van der Waals surface area contributed by atoms with Gasteiger partial charge in [0.05, 0.1) is 10.5 Å². The fourth-order valence-corrected chi connectivity index (χ4v) is 3.82. The number of halogens is 2. The summed E-state index contributed by atoms with van der Waals surface area (Å²) in [6.45, 7) is 0. The van der Waals surface area contributed by atoms with Crippen LogP contribution in [0.1, 0.15) is 12.8 Å². The molecule has 0 bridgehead atoms. The highest BCUT2D eigenvalue weighted by Gasteiger charge is 2.12. The highest BCUT2D eigenvalue weighted by Crippen LogP contribution is 2.33. The van der Waals surface area contributed by atoms with Gasteiger partial charge < -0.3 is 0 Å². The van der Waals surface area contributed by atoms with Crippen LogP contribution in [0.25, 0.3) is 0 Å². The molecule has 0 aromatic heterocycles. The maximum atomic E-state index is 12.6. The zero-order valence-electron chi connectivity index (χ0n) is 6.76. The molecule has 0 saturated carbocycles. The average molecular weight is 227 g/mol. The first-order valence-electron chi connectivity index (χ1n) is 3.96. The van der Waals surface area contributed by atoms with E-state index in [0.717, 1.165) is 6.42 Å². The Morgan fingerprint density at radius 3 is 2.75 bits per heavy atom. The second-order valence-electron chi connectivity index (χ2n) is 2.55. The number of alkyl halides is 1. The Morgan fingerprint density at radius 2 is 2.17 bits per heavy atom.